The Morgan fingerprint density at radius 1 is 0.500 bits per heavy atom. The van der Waals surface area contributed by atoms with E-state index in [-0.39, 0.29) is 7.83 Å². The lowest BCUT2D eigenvalue weighted by Gasteiger charge is -2.14. The summed E-state index contributed by atoms with van der Waals surface area (Å²) >= 11 is 0. The molecule has 5 radical (unpaired) electrons. The van der Waals surface area contributed by atoms with Crippen LogP contribution >= 0.6 is 0 Å². The summed E-state index contributed by atoms with van der Waals surface area (Å²) in [6, 6.07) is 36.8. The van der Waals surface area contributed by atoms with Gasteiger partial charge in [-0.2, -0.15) is 0 Å². The molecule has 0 unspecified atom stereocenters. The summed E-state index contributed by atoms with van der Waals surface area (Å²) in [6.45, 7) is 0. The fourth-order valence-corrected chi connectivity index (χ4v) is 12.5. The van der Waals surface area contributed by atoms with E-state index < -0.39 is 0 Å². The maximum atomic E-state index is 2.30. The van der Waals surface area contributed by atoms with Gasteiger partial charge in [0, 0.05) is 25.9 Å². The highest BCUT2D eigenvalue weighted by molar-refractivity contribution is 7.39. The van der Waals surface area contributed by atoms with Gasteiger partial charge >= 0.3 is 0 Å². The molecule has 0 aromatic heterocycles. The van der Waals surface area contributed by atoms with Crippen molar-refractivity contribution < 1.29 is 0 Å². The number of rotatable bonds is 8. The second kappa shape index (κ2) is 9.57. The molecule has 0 nitrogen and oxygen atoms in total. The lowest BCUT2D eigenvalue weighted by atomic mass is 10.2. The highest BCUT2D eigenvalue weighted by Crippen LogP contribution is 2.06. The zero-order valence-electron chi connectivity index (χ0n) is 13.8. The smallest absolute Gasteiger partial charge is 0.0283 e. The molecular weight excluding hydrogens is 336 g/mol. The summed E-state index contributed by atoms with van der Waals surface area (Å²) in [6.07, 6.45) is 0. The van der Waals surface area contributed by atoms with E-state index in [0.29, 0.717) is 0 Å². The second-order valence-corrected chi connectivity index (χ2v) is 15.8. The normalized spacial score (nSPS) is 10.9. The van der Waals surface area contributed by atoms with Crippen molar-refractivity contribution in [2.75, 3.05) is 0 Å². The molecular formula is C21H21Si3. The summed E-state index contributed by atoms with van der Waals surface area (Å²) in [4.78, 5) is 0. The molecule has 0 spiro atoms. The summed E-state index contributed by atoms with van der Waals surface area (Å²) in [5.74, 6) is 0. The zero-order chi connectivity index (χ0) is 16.5. The molecule has 0 atom stereocenters. The lowest BCUT2D eigenvalue weighted by Crippen LogP contribution is -2.36. The molecule has 3 aromatic rings. The third-order valence-corrected chi connectivity index (χ3v) is 14.6. The highest BCUT2D eigenvalue weighted by Gasteiger charge is 2.14. The first-order valence-corrected chi connectivity index (χ1v) is 14.5. The minimum atomic E-state index is -0.337. The van der Waals surface area contributed by atoms with Crippen LogP contribution in [0.15, 0.2) is 91.0 Å². The van der Waals surface area contributed by atoms with E-state index in [2.05, 4.69) is 91.0 Å². The molecule has 0 saturated heterocycles. The average molecular weight is 358 g/mol. The van der Waals surface area contributed by atoms with Crippen LogP contribution in [0, 0.1) is 0 Å². The molecule has 0 aliphatic rings. The molecule has 0 fully saturated rings. The Kier molecular flexibility index (Phi) is 6.84. The second-order valence-electron chi connectivity index (χ2n) is 5.82. The van der Waals surface area contributed by atoms with Crippen molar-refractivity contribution in [3.63, 3.8) is 0 Å². The van der Waals surface area contributed by atoms with E-state index >= 15 is 0 Å². The Balaban J connectivity index is 1.61. The van der Waals surface area contributed by atoms with Crippen LogP contribution in [0.3, 0.4) is 0 Å². The largest absolute Gasteiger partial charge is 0.0622 e. The molecule has 0 N–H and O–H groups in total. The average Bonchev–Trinajstić information content (AvgIpc) is 2.66. The zero-order valence-corrected chi connectivity index (χ0v) is 16.8. The predicted octanol–water partition coefficient (Wildman–Crippen LogP) is 4.07. The quantitative estimate of drug-likeness (QED) is 0.533. The molecule has 117 valence electrons. The maximum absolute atomic E-state index is 2.30. The molecule has 0 heterocycles. The van der Waals surface area contributed by atoms with E-state index in [1.165, 1.54) is 34.8 Å². The highest BCUT2D eigenvalue weighted by atomic mass is 29.6. The van der Waals surface area contributed by atoms with Crippen LogP contribution in [0.1, 0.15) is 16.7 Å². The van der Waals surface area contributed by atoms with E-state index in [4.69, 9.17) is 0 Å². The molecule has 24 heavy (non-hydrogen) atoms. The molecule has 3 rings (SSSR count). The van der Waals surface area contributed by atoms with Crippen LogP contribution < -0.4 is 0 Å². The van der Waals surface area contributed by atoms with Gasteiger partial charge in [0.1, 0.15) is 0 Å². The van der Waals surface area contributed by atoms with E-state index in [1.54, 1.807) is 0 Å². The summed E-state index contributed by atoms with van der Waals surface area (Å²) < 4.78 is 0. The first kappa shape index (κ1) is 17.1. The van der Waals surface area contributed by atoms with Gasteiger partial charge in [0.15, 0.2) is 0 Å². The van der Waals surface area contributed by atoms with E-state index in [9.17, 15) is 0 Å². The Labute approximate surface area is 151 Å². The van der Waals surface area contributed by atoms with Gasteiger partial charge in [0.05, 0.1) is 0 Å². The Morgan fingerprint density at radius 3 is 1.29 bits per heavy atom. The third-order valence-electron chi connectivity index (χ3n) is 3.92. The van der Waals surface area contributed by atoms with Gasteiger partial charge in [0.2, 0.25) is 0 Å². The van der Waals surface area contributed by atoms with Crippen molar-refractivity contribution in [3.05, 3.63) is 108 Å². The van der Waals surface area contributed by atoms with Gasteiger partial charge < -0.3 is 0 Å². The molecule has 0 amide bonds. The van der Waals surface area contributed by atoms with Crippen LogP contribution in [0.4, 0.5) is 0 Å². The van der Waals surface area contributed by atoms with Gasteiger partial charge in [-0.3, -0.25) is 0 Å². The standard InChI is InChI=1S/C21H21Si3/c1-4-10-19(11-5-1)16-22-24(18-21-14-8-3-9-15-21)23-17-20-12-6-2-7-13-20/h1-15H,16-18H2. The lowest BCUT2D eigenvalue weighted by molar-refractivity contribution is 1.36. The maximum Gasteiger partial charge on any atom is 0.0283 e. The monoisotopic (exact) mass is 357 g/mol. The fourth-order valence-electron chi connectivity index (χ4n) is 2.60. The number of hydrogen-bond donors (Lipinski definition) is 0. The fraction of sp³-hybridized carbons (Fsp3) is 0.143. The van der Waals surface area contributed by atoms with Gasteiger partial charge in [-0.15, -0.1) is 0 Å². The summed E-state index contributed by atoms with van der Waals surface area (Å²) in [5.41, 5.74) is 4.51. The summed E-state index contributed by atoms with van der Waals surface area (Å²) in [7, 11) is 1.85. The van der Waals surface area contributed by atoms with Crippen molar-refractivity contribution in [2.45, 2.75) is 18.1 Å². The third kappa shape index (κ3) is 5.74. The van der Waals surface area contributed by atoms with E-state index in [0.717, 1.165) is 18.1 Å². The molecule has 0 aliphatic heterocycles. The van der Waals surface area contributed by atoms with Crippen LogP contribution in [0.25, 0.3) is 0 Å². The van der Waals surface area contributed by atoms with Gasteiger partial charge in [-0.1, -0.05) is 108 Å². The number of hydrogen-bond acceptors (Lipinski definition) is 0. The molecule has 0 bridgehead atoms. The van der Waals surface area contributed by atoms with Crippen molar-refractivity contribution in [2.24, 2.45) is 0 Å². The Hall–Kier alpha value is -1.69. The minimum Gasteiger partial charge on any atom is -0.0622 e. The molecule has 3 heteroatoms. The predicted molar refractivity (Wildman–Crippen MR) is 108 cm³/mol. The van der Waals surface area contributed by atoms with Crippen molar-refractivity contribution in [1.82, 2.24) is 0 Å². The minimum absolute atomic E-state index is 0.337. The van der Waals surface area contributed by atoms with Crippen molar-refractivity contribution in [3.8, 4) is 0 Å². The van der Waals surface area contributed by atoms with Gasteiger partial charge in [-0.05, 0) is 18.1 Å². The molecule has 0 aliphatic carbocycles. The first-order chi connectivity index (χ1) is 11.9. The van der Waals surface area contributed by atoms with Gasteiger partial charge in [0.25, 0.3) is 0 Å². The SMILES string of the molecule is c1ccc(C[Si][Si](Cc2ccccc2)[Si]Cc2ccccc2)cc1. The molecule has 0 saturated carbocycles. The van der Waals surface area contributed by atoms with E-state index in [1.807, 2.05) is 0 Å². The topological polar surface area (TPSA) is 0 Å². The van der Waals surface area contributed by atoms with Crippen LogP contribution in [-0.2, 0) is 18.1 Å². The van der Waals surface area contributed by atoms with Crippen LogP contribution in [0.5, 0.6) is 0 Å². The van der Waals surface area contributed by atoms with Crippen molar-refractivity contribution >= 4 is 25.9 Å². The molecule has 3 aromatic carbocycles. The van der Waals surface area contributed by atoms with Gasteiger partial charge in [-0.25, -0.2) is 0 Å². The summed E-state index contributed by atoms with van der Waals surface area (Å²) in [5, 5.41) is 0. The number of benzene rings is 3. The Bertz CT molecular complexity index is 655. The van der Waals surface area contributed by atoms with Crippen LogP contribution in [0.2, 0.25) is 0 Å². The van der Waals surface area contributed by atoms with Crippen molar-refractivity contribution in [1.29, 1.82) is 0 Å². The first-order valence-electron chi connectivity index (χ1n) is 8.35. The Morgan fingerprint density at radius 2 is 0.875 bits per heavy atom. The van der Waals surface area contributed by atoms with Crippen LogP contribution in [-0.4, -0.2) is 25.9 Å².